The second-order valence-corrected chi connectivity index (χ2v) is 13.2. The topological polar surface area (TPSA) is 96.8 Å². The predicted octanol–water partition coefficient (Wildman–Crippen LogP) is 6.58. The molecule has 3 aliphatic rings. The molecule has 0 bridgehead atoms. The van der Waals surface area contributed by atoms with E-state index < -0.39 is 0 Å². The fourth-order valence-electron chi connectivity index (χ4n) is 6.42. The van der Waals surface area contributed by atoms with E-state index in [0.717, 1.165) is 73.2 Å². The smallest absolute Gasteiger partial charge is 0.253 e. The molecule has 1 aromatic carbocycles. The highest BCUT2D eigenvalue weighted by Gasteiger charge is 2.49. The van der Waals surface area contributed by atoms with Crippen LogP contribution in [0.15, 0.2) is 77.4 Å². The van der Waals surface area contributed by atoms with Crippen LogP contribution in [0, 0.1) is 11.3 Å². The number of ether oxygens (including phenoxy) is 1. The molecular weight excluding hydrogens is 570 g/mol. The van der Waals surface area contributed by atoms with Crippen LogP contribution in [0.5, 0.6) is 0 Å². The lowest BCUT2D eigenvalue weighted by atomic mass is 9.57. The third-order valence-electron chi connectivity index (χ3n) is 8.97. The van der Waals surface area contributed by atoms with Crippen molar-refractivity contribution in [2.24, 2.45) is 16.3 Å². The van der Waals surface area contributed by atoms with Gasteiger partial charge in [-0.05, 0) is 74.6 Å². The summed E-state index contributed by atoms with van der Waals surface area (Å²) in [6.07, 6.45) is 18.1. The first-order valence-electron chi connectivity index (χ1n) is 15.6. The summed E-state index contributed by atoms with van der Waals surface area (Å²) in [6, 6.07) is 9.45. The van der Waals surface area contributed by atoms with E-state index in [2.05, 4.69) is 26.9 Å². The van der Waals surface area contributed by atoms with Gasteiger partial charge in [-0.3, -0.25) is 14.6 Å². The number of nitrogens with zero attached hydrogens (tertiary/aromatic N) is 4. The van der Waals surface area contributed by atoms with Gasteiger partial charge in [0.2, 0.25) is 5.91 Å². The zero-order chi connectivity index (χ0) is 30.9. The molecule has 1 spiro atoms. The lowest BCUT2D eigenvalue weighted by Gasteiger charge is -2.51. The van der Waals surface area contributed by atoms with Crippen LogP contribution >= 0.6 is 11.8 Å². The number of carbonyl (C=O) groups is 2. The normalized spacial score (nSPS) is 19.4. The third-order valence-corrected chi connectivity index (χ3v) is 9.83. The molecule has 44 heavy (non-hydrogen) atoms. The summed E-state index contributed by atoms with van der Waals surface area (Å²) in [5.41, 5.74) is 2.69. The lowest BCUT2D eigenvalue weighted by molar-refractivity contribution is -0.133. The van der Waals surface area contributed by atoms with Crippen molar-refractivity contribution in [2.75, 3.05) is 20.1 Å². The van der Waals surface area contributed by atoms with Crippen LogP contribution in [-0.4, -0.2) is 58.1 Å². The maximum absolute atomic E-state index is 13.1. The van der Waals surface area contributed by atoms with Gasteiger partial charge in [0.05, 0.1) is 6.10 Å². The Hall–Kier alpha value is -3.56. The Morgan fingerprint density at radius 1 is 1.11 bits per heavy atom. The third kappa shape index (κ3) is 8.12. The minimum atomic E-state index is -0.0422. The van der Waals surface area contributed by atoms with Crippen LogP contribution in [0.2, 0.25) is 0 Å². The van der Waals surface area contributed by atoms with Gasteiger partial charge in [-0.2, -0.15) is 0 Å². The van der Waals surface area contributed by atoms with Crippen molar-refractivity contribution in [1.29, 1.82) is 0 Å². The van der Waals surface area contributed by atoms with Crippen molar-refractivity contribution in [2.45, 2.75) is 71.0 Å². The van der Waals surface area contributed by atoms with Gasteiger partial charge in [0.1, 0.15) is 6.61 Å². The highest BCUT2D eigenvalue weighted by Crippen LogP contribution is 2.52. The van der Waals surface area contributed by atoms with E-state index in [1.54, 1.807) is 7.05 Å². The van der Waals surface area contributed by atoms with Crippen molar-refractivity contribution in [3.63, 3.8) is 0 Å². The van der Waals surface area contributed by atoms with Gasteiger partial charge in [-0.15, -0.1) is 0 Å². The van der Waals surface area contributed by atoms with E-state index >= 15 is 0 Å². The van der Waals surface area contributed by atoms with E-state index in [4.69, 9.17) is 4.74 Å². The number of thioether (sulfide) groups is 1. The number of hydrogen-bond acceptors (Lipinski definition) is 7. The van der Waals surface area contributed by atoms with Gasteiger partial charge in [0.25, 0.3) is 5.91 Å². The molecule has 1 saturated heterocycles. The molecule has 2 aliphatic carbocycles. The summed E-state index contributed by atoms with van der Waals surface area (Å²) in [7, 11) is 1.68. The fourth-order valence-corrected chi connectivity index (χ4v) is 7.10. The molecule has 8 nitrogen and oxygen atoms in total. The minimum absolute atomic E-state index is 0.000727. The van der Waals surface area contributed by atoms with Crippen molar-refractivity contribution in [3.05, 3.63) is 89.4 Å². The largest absolute Gasteiger partial charge is 0.370 e. The molecule has 2 aromatic rings. The number of aromatic nitrogens is 2. The highest BCUT2D eigenvalue weighted by molar-refractivity contribution is 8.17. The van der Waals surface area contributed by atoms with Gasteiger partial charge in [-0.25, -0.2) is 9.97 Å². The second kappa shape index (κ2) is 14.9. The Morgan fingerprint density at radius 3 is 2.43 bits per heavy atom. The van der Waals surface area contributed by atoms with E-state index in [1.165, 1.54) is 24.6 Å². The maximum Gasteiger partial charge on any atom is 0.253 e. The molecule has 2 amide bonds. The molecule has 0 unspecified atom stereocenters. The molecule has 1 aliphatic heterocycles. The summed E-state index contributed by atoms with van der Waals surface area (Å²) in [4.78, 5) is 42.0. The number of piperidine rings is 1. The molecule has 2 saturated carbocycles. The first kappa shape index (κ1) is 31.9. The Kier molecular flexibility index (Phi) is 10.8. The fraction of sp³-hybridized carbons (Fsp3) is 0.457. The van der Waals surface area contributed by atoms with Crippen molar-refractivity contribution >= 4 is 34.3 Å². The number of likely N-dealkylation sites (tertiary alicyclic amines) is 1. The van der Waals surface area contributed by atoms with Crippen LogP contribution in [0.25, 0.3) is 5.57 Å². The predicted molar refractivity (Wildman–Crippen MR) is 177 cm³/mol. The van der Waals surface area contributed by atoms with Gasteiger partial charge < -0.3 is 15.0 Å². The Labute approximate surface area is 265 Å². The van der Waals surface area contributed by atoms with Crippen LogP contribution in [0.4, 0.5) is 0 Å². The monoisotopic (exact) mass is 613 g/mol. The SMILES string of the molecule is C=C(/C=C(\C=C/C)c1cnc(COC2CCCC2)nc1)S/C(=N\C)NC(=O)C1CC2(CCN(C(=O)c3ccccc3)CC2)C1. The van der Waals surface area contributed by atoms with E-state index in [-0.39, 0.29) is 23.1 Å². The number of nitrogens with one attached hydrogen (secondary N) is 1. The van der Waals surface area contributed by atoms with E-state index in [9.17, 15) is 9.59 Å². The maximum atomic E-state index is 13.1. The number of amides is 2. The number of amidine groups is 1. The Morgan fingerprint density at radius 2 is 1.80 bits per heavy atom. The molecule has 1 aromatic heterocycles. The number of benzene rings is 1. The molecular formula is C35H43N5O3S. The zero-order valence-electron chi connectivity index (χ0n) is 25.8. The summed E-state index contributed by atoms with van der Waals surface area (Å²) in [5, 5.41) is 3.55. The van der Waals surface area contributed by atoms with Crippen LogP contribution < -0.4 is 5.32 Å². The molecule has 3 fully saturated rings. The number of aliphatic imine (C=N–C) groups is 1. The summed E-state index contributed by atoms with van der Waals surface area (Å²) >= 11 is 1.34. The first-order valence-corrected chi connectivity index (χ1v) is 16.5. The van der Waals surface area contributed by atoms with Gasteiger partial charge in [-0.1, -0.05) is 61.5 Å². The van der Waals surface area contributed by atoms with Crippen LogP contribution in [0.1, 0.15) is 80.0 Å². The van der Waals surface area contributed by atoms with Crippen LogP contribution in [-0.2, 0) is 16.1 Å². The van der Waals surface area contributed by atoms with Gasteiger partial charge in [0, 0.05) is 54.5 Å². The first-order chi connectivity index (χ1) is 21.4. The molecule has 5 rings (SSSR count). The van der Waals surface area contributed by atoms with Crippen molar-refractivity contribution in [3.8, 4) is 0 Å². The average Bonchev–Trinajstić information content (AvgIpc) is 3.56. The molecule has 232 valence electrons. The van der Waals surface area contributed by atoms with Crippen LogP contribution in [0.3, 0.4) is 0 Å². The molecule has 2 heterocycles. The Bertz CT molecular complexity index is 1400. The zero-order valence-corrected chi connectivity index (χ0v) is 26.7. The Balaban J connectivity index is 1.09. The summed E-state index contributed by atoms with van der Waals surface area (Å²) < 4.78 is 5.95. The average molecular weight is 614 g/mol. The summed E-state index contributed by atoms with van der Waals surface area (Å²) in [6.45, 7) is 8.08. The van der Waals surface area contributed by atoms with Gasteiger partial charge in [0.15, 0.2) is 11.0 Å². The highest BCUT2D eigenvalue weighted by atomic mass is 32.2. The molecule has 0 atom stereocenters. The quantitative estimate of drug-likeness (QED) is 0.195. The second-order valence-electron chi connectivity index (χ2n) is 12.1. The molecule has 0 radical (unpaired) electrons. The van der Waals surface area contributed by atoms with E-state index in [1.807, 2.05) is 72.8 Å². The van der Waals surface area contributed by atoms with Crippen molar-refractivity contribution < 1.29 is 14.3 Å². The summed E-state index contributed by atoms with van der Waals surface area (Å²) in [5.74, 6) is 0.733. The van der Waals surface area contributed by atoms with E-state index in [0.29, 0.717) is 23.7 Å². The standard InChI is InChI=1S/C35H43N5O3S/c1-4-10-27(29-22-37-31(38-23-29)24-43-30-13-8-9-14-30)19-25(2)44-34(36-3)39-32(41)28-20-35(21-28)15-17-40(18-16-35)33(42)26-11-6-5-7-12-26/h4-7,10-12,19,22-23,28,30H,2,8-9,13-18,20-21,24H2,1,3H3,(H,36,39,41)/b10-4-,27-19+. The lowest BCUT2D eigenvalue weighted by Crippen LogP contribution is -2.52. The van der Waals surface area contributed by atoms with Gasteiger partial charge >= 0.3 is 0 Å². The number of hydrogen-bond donors (Lipinski definition) is 1. The minimum Gasteiger partial charge on any atom is -0.370 e. The number of allylic oxidation sites excluding steroid dienone is 4. The molecule has 9 heteroatoms. The number of rotatable bonds is 9. The number of carbonyl (C=O) groups excluding carboxylic acids is 2. The van der Waals surface area contributed by atoms with Crippen molar-refractivity contribution in [1.82, 2.24) is 20.2 Å². The molecule has 1 N–H and O–H groups in total.